The molecule has 1 heterocycles. The Kier molecular flexibility index (Phi) is 7.62. The highest BCUT2D eigenvalue weighted by molar-refractivity contribution is 5.85. The molecule has 0 aromatic heterocycles. The first kappa shape index (κ1) is 17.5. The monoisotopic (exact) mass is 288 g/mol. The highest BCUT2D eigenvalue weighted by atomic mass is 35.5. The number of nitrogens with zero attached hydrogens (tertiary/aromatic N) is 1. The molecule has 0 atom stereocenters. The number of carbonyl (C=O) groups excluding carboxylic acids is 1. The van der Waals surface area contributed by atoms with Gasteiger partial charge in [-0.3, -0.25) is 4.79 Å². The van der Waals surface area contributed by atoms with Crippen LogP contribution >= 0.6 is 12.4 Å². The molecule has 3 nitrogen and oxygen atoms in total. The Labute approximate surface area is 112 Å². The summed E-state index contributed by atoms with van der Waals surface area (Å²) in [6.07, 6.45) is -3.58. The predicted octanol–water partition coefficient (Wildman–Crippen LogP) is 2.35. The van der Waals surface area contributed by atoms with Crippen molar-refractivity contribution >= 4 is 18.3 Å². The van der Waals surface area contributed by atoms with E-state index in [1.807, 2.05) is 6.92 Å². The molecule has 1 amide bonds. The number of amides is 1. The predicted molar refractivity (Wildman–Crippen MR) is 65.8 cm³/mol. The fraction of sp³-hybridized carbons (Fsp3) is 0.909. The molecule has 1 saturated heterocycles. The van der Waals surface area contributed by atoms with Crippen LogP contribution in [0.1, 0.15) is 32.6 Å². The van der Waals surface area contributed by atoms with Crippen LogP contribution < -0.4 is 5.32 Å². The van der Waals surface area contributed by atoms with Gasteiger partial charge in [-0.1, -0.05) is 6.92 Å². The molecule has 1 N–H and O–H groups in total. The van der Waals surface area contributed by atoms with Gasteiger partial charge in [-0.05, 0) is 32.4 Å². The maximum absolute atomic E-state index is 12.2. The third-order valence-electron chi connectivity index (χ3n) is 2.89. The van der Waals surface area contributed by atoms with Gasteiger partial charge < -0.3 is 10.2 Å². The van der Waals surface area contributed by atoms with Crippen molar-refractivity contribution in [3.63, 3.8) is 0 Å². The number of alkyl halides is 3. The van der Waals surface area contributed by atoms with Crippen molar-refractivity contribution in [2.45, 2.75) is 44.8 Å². The van der Waals surface area contributed by atoms with Gasteiger partial charge in [0.25, 0.3) is 0 Å². The molecule has 0 aromatic carbocycles. The molecule has 0 aliphatic carbocycles. The molecule has 0 unspecified atom stereocenters. The van der Waals surface area contributed by atoms with Gasteiger partial charge in [-0.25, -0.2) is 0 Å². The second kappa shape index (κ2) is 7.84. The van der Waals surface area contributed by atoms with Crippen LogP contribution in [0.3, 0.4) is 0 Å². The minimum atomic E-state index is -4.41. The molecule has 18 heavy (non-hydrogen) atoms. The molecular formula is C11H20ClF3N2O. The van der Waals surface area contributed by atoms with Gasteiger partial charge in [0.05, 0.1) is 0 Å². The van der Waals surface area contributed by atoms with Crippen molar-refractivity contribution in [3.05, 3.63) is 0 Å². The summed E-state index contributed by atoms with van der Waals surface area (Å²) in [6, 6.07) is -0.0361. The van der Waals surface area contributed by atoms with Crippen molar-refractivity contribution < 1.29 is 18.0 Å². The van der Waals surface area contributed by atoms with E-state index >= 15 is 0 Å². The third kappa shape index (κ3) is 5.91. The van der Waals surface area contributed by atoms with Crippen LogP contribution in [0.15, 0.2) is 0 Å². The van der Waals surface area contributed by atoms with E-state index in [1.165, 1.54) is 4.90 Å². The first-order chi connectivity index (χ1) is 7.94. The average molecular weight is 289 g/mol. The number of carbonyl (C=O) groups is 1. The summed E-state index contributed by atoms with van der Waals surface area (Å²) in [6.45, 7) is 3.82. The van der Waals surface area contributed by atoms with Gasteiger partial charge in [-0.15, -0.1) is 12.4 Å². The zero-order valence-corrected chi connectivity index (χ0v) is 11.2. The molecular weight excluding hydrogens is 269 g/mol. The summed E-state index contributed by atoms with van der Waals surface area (Å²) in [5, 5.41) is 3.14. The van der Waals surface area contributed by atoms with Crippen LogP contribution in [-0.2, 0) is 4.79 Å². The Morgan fingerprint density at radius 1 is 1.33 bits per heavy atom. The number of halogens is 4. The molecule has 7 heteroatoms. The lowest BCUT2D eigenvalue weighted by Crippen LogP contribution is -2.47. The minimum Gasteiger partial charge on any atom is -0.339 e. The lowest BCUT2D eigenvalue weighted by molar-refractivity contribution is -0.163. The van der Waals surface area contributed by atoms with Gasteiger partial charge in [-0.2, -0.15) is 13.2 Å². The van der Waals surface area contributed by atoms with Crippen LogP contribution in [0, 0.1) is 0 Å². The van der Waals surface area contributed by atoms with E-state index < -0.39 is 18.5 Å². The SMILES string of the molecule is CCCN(C(=O)CC(F)(F)F)C1CCNCC1.Cl. The molecule has 0 radical (unpaired) electrons. The highest BCUT2D eigenvalue weighted by Gasteiger charge is 2.35. The molecule has 108 valence electrons. The van der Waals surface area contributed by atoms with Crippen molar-refractivity contribution in [1.82, 2.24) is 10.2 Å². The van der Waals surface area contributed by atoms with E-state index in [0.29, 0.717) is 13.0 Å². The van der Waals surface area contributed by atoms with Crippen molar-refractivity contribution in [2.24, 2.45) is 0 Å². The zero-order valence-electron chi connectivity index (χ0n) is 10.4. The lowest BCUT2D eigenvalue weighted by Gasteiger charge is -2.34. The molecule has 1 aliphatic rings. The summed E-state index contributed by atoms with van der Waals surface area (Å²) >= 11 is 0. The smallest absolute Gasteiger partial charge is 0.339 e. The minimum absolute atomic E-state index is 0. The van der Waals surface area contributed by atoms with Crippen LogP contribution in [0.25, 0.3) is 0 Å². The maximum atomic E-state index is 12.2. The lowest BCUT2D eigenvalue weighted by atomic mass is 10.0. The topological polar surface area (TPSA) is 32.3 Å². The fourth-order valence-electron chi connectivity index (χ4n) is 2.14. The van der Waals surface area contributed by atoms with Gasteiger partial charge >= 0.3 is 6.18 Å². The van der Waals surface area contributed by atoms with Crippen LogP contribution in [0.4, 0.5) is 13.2 Å². The van der Waals surface area contributed by atoms with Crippen LogP contribution in [0.2, 0.25) is 0 Å². The van der Waals surface area contributed by atoms with E-state index in [0.717, 1.165) is 25.9 Å². The van der Waals surface area contributed by atoms with E-state index in [-0.39, 0.29) is 18.4 Å². The largest absolute Gasteiger partial charge is 0.397 e. The Bertz CT molecular complexity index is 255. The average Bonchev–Trinajstić information content (AvgIpc) is 2.24. The zero-order chi connectivity index (χ0) is 12.9. The first-order valence-corrected chi connectivity index (χ1v) is 6.01. The standard InChI is InChI=1S/C11H19F3N2O.ClH/c1-2-7-16(9-3-5-15-6-4-9)10(17)8-11(12,13)14;/h9,15H,2-8H2,1H3;1H. The van der Waals surface area contributed by atoms with Crippen molar-refractivity contribution in [1.29, 1.82) is 0 Å². The van der Waals surface area contributed by atoms with E-state index in [9.17, 15) is 18.0 Å². The highest BCUT2D eigenvalue weighted by Crippen LogP contribution is 2.23. The van der Waals surface area contributed by atoms with E-state index in [4.69, 9.17) is 0 Å². The number of piperidine rings is 1. The molecule has 0 bridgehead atoms. The molecule has 1 fully saturated rings. The third-order valence-corrected chi connectivity index (χ3v) is 2.89. The summed E-state index contributed by atoms with van der Waals surface area (Å²) < 4.78 is 36.6. The quantitative estimate of drug-likeness (QED) is 0.861. The summed E-state index contributed by atoms with van der Waals surface area (Å²) in [5.41, 5.74) is 0. The van der Waals surface area contributed by atoms with Crippen LogP contribution in [-0.4, -0.2) is 42.7 Å². The van der Waals surface area contributed by atoms with E-state index in [2.05, 4.69) is 5.32 Å². The van der Waals surface area contributed by atoms with Crippen LogP contribution in [0.5, 0.6) is 0 Å². The molecule has 0 spiro atoms. The maximum Gasteiger partial charge on any atom is 0.397 e. The second-order valence-electron chi connectivity index (χ2n) is 4.36. The molecule has 1 aliphatic heterocycles. The molecule has 0 aromatic rings. The van der Waals surface area contributed by atoms with Gasteiger partial charge in [0.2, 0.25) is 5.91 Å². The second-order valence-corrected chi connectivity index (χ2v) is 4.36. The van der Waals surface area contributed by atoms with Gasteiger partial charge in [0.15, 0.2) is 0 Å². The Hall–Kier alpha value is -0.490. The Balaban J connectivity index is 0.00000289. The van der Waals surface area contributed by atoms with Gasteiger partial charge in [0, 0.05) is 12.6 Å². The van der Waals surface area contributed by atoms with E-state index in [1.54, 1.807) is 0 Å². The van der Waals surface area contributed by atoms with Gasteiger partial charge in [0.1, 0.15) is 6.42 Å². The Morgan fingerprint density at radius 2 is 1.89 bits per heavy atom. The fourth-order valence-corrected chi connectivity index (χ4v) is 2.14. The van der Waals surface area contributed by atoms with Crippen molar-refractivity contribution in [3.8, 4) is 0 Å². The molecule has 0 saturated carbocycles. The first-order valence-electron chi connectivity index (χ1n) is 6.01. The number of nitrogens with one attached hydrogen (secondary N) is 1. The van der Waals surface area contributed by atoms with Crippen molar-refractivity contribution in [2.75, 3.05) is 19.6 Å². The summed E-state index contributed by atoms with van der Waals surface area (Å²) in [5.74, 6) is -0.786. The Morgan fingerprint density at radius 3 is 2.33 bits per heavy atom. The summed E-state index contributed by atoms with van der Waals surface area (Å²) in [4.78, 5) is 13.0. The number of rotatable bonds is 4. The molecule has 1 rings (SSSR count). The number of hydrogen-bond acceptors (Lipinski definition) is 2. The normalized spacial score (nSPS) is 17.1. The number of hydrogen-bond donors (Lipinski definition) is 1. The summed E-state index contributed by atoms with van der Waals surface area (Å²) in [7, 11) is 0.